The van der Waals surface area contributed by atoms with Crippen LogP contribution in [0, 0.1) is 13.8 Å². The zero-order chi connectivity index (χ0) is 13.6. The second-order valence-corrected chi connectivity index (χ2v) is 5.22. The van der Waals surface area contributed by atoms with Crippen molar-refractivity contribution < 1.29 is 0 Å². The van der Waals surface area contributed by atoms with Crippen molar-refractivity contribution in [1.82, 2.24) is 9.97 Å². The van der Waals surface area contributed by atoms with E-state index in [9.17, 15) is 0 Å². The summed E-state index contributed by atoms with van der Waals surface area (Å²) < 4.78 is 0. The van der Waals surface area contributed by atoms with E-state index in [1.807, 2.05) is 20.2 Å². The lowest BCUT2D eigenvalue weighted by Gasteiger charge is -2.12. The van der Waals surface area contributed by atoms with Crippen LogP contribution in [0.25, 0.3) is 22.1 Å². The molecule has 96 valence electrons. The van der Waals surface area contributed by atoms with Crippen LogP contribution in [0.15, 0.2) is 30.3 Å². The van der Waals surface area contributed by atoms with E-state index in [2.05, 4.69) is 43.0 Å². The van der Waals surface area contributed by atoms with E-state index >= 15 is 0 Å². The third-order valence-corrected chi connectivity index (χ3v) is 3.55. The van der Waals surface area contributed by atoms with Gasteiger partial charge in [-0.05, 0) is 55.3 Å². The predicted molar refractivity (Wildman–Crippen MR) is 80.8 cm³/mol. The molecule has 0 aliphatic carbocycles. The van der Waals surface area contributed by atoms with Crippen LogP contribution in [-0.2, 0) is 0 Å². The summed E-state index contributed by atoms with van der Waals surface area (Å²) in [6.45, 7) is 4.21. The minimum atomic E-state index is 0.946. The Morgan fingerprint density at radius 2 is 1.26 bits per heavy atom. The van der Waals surface area contributed by atoms with Gasteiger partial charge in [0.05, 0.1) is 22.1 Å². The molecule has 0 N–H and O–H groups in total. The molecule has 0 atom stereocenters. The Morgan fingerprint density at radius 1 is 0.737 bits per heavy atom. The molecular formula is C16H17N3. The Hall–Kier alpha value is -2.16. The Balaban J connectivity index is 2.32. The maximum absolute atomic E-state index is 4.73. The summed E-state index contributed by atoms with van der Waals surface area (Å²) >= 11 is 0. The molecule has 1 heterocycles. The highest BCUT2D eigenvalue weighted by atomic mass is 15.1. The largest absolute Gasteiger partial charge is 0.378 e. The summed E-state index contributed by atoms with van der Waals surface area (Å²) in [5.41, 5.74) is 7.48. The monoisotopic (exact) mass is 251 g/mol. The molecular weight excluding hydrogens is 234 g/mol. The lowest BCUT2D eigenvalue weighted by atomic mass is 10.1. The molecule has 19 heavy (non-hydrogen) atoms. The zero-order valence-corrected chi connectivity index (χ0v) is 11.7. The number of aryl methyl sites for hydroxylation is 2. The van der Waals surface area contributed by atoms with Gasteiger partial charge in [-0.15, -0.1) is 0 Å². The SMILES string of the molecule is Cc1cc2nc3ccc(N(C)C)cc3nc2cc1C. The fourth-order valence-corrected chi connectivity index (χ4v) is 2.20. The first-order valence-electron chi connectivity index (χ1n) is 6.41. The van der Waals surface area contributed by atoms with Crippen LogP contribution in [0.1, 0.15) is 11.1 Å². The molecule has 3 aromatic rings. The van der Waals surface area contributed by atoms with Gasteiger partial charge in [0.2, 0.25) is 0 Å². The van der Waals surface area contributed by atoms with Gasteiger partial charge in [-0.3, -0.25) is 0 Å². The third kappa shape index (κ3) is 2.01. The zero-order valence-electron chi connectivity index (χ0n) is 11.7. The number of rotatable bonds is 1. The Labute approximate surface area is 112 Å². The van der Waals surface area contributed by atoms with Crippen LogP contribution in [0.4, 0.5) is 5.69 Å². The molecule has 3 heteroatoms. The standard InChI is InChI=1S/C16H17N3/c1-10-7-14-15(8-11(10)2)18-16-9-12(19(3)4)5-6-13(16)17-14/h5-9H,1-4H3. The molecule has 0 aliphatic rings. The fourth-order valence-electron chi connectivity index (χ4n) is 2.20. The van der Waals surface area contributed by atoms with Crippen LogP contribution in [-0.4, -0.2) is 24.1 Å². The van der Waals surface area contributed by atoms with Crippen molar-refractivity contribution in [2.24, 2.45) is 0 Å². The van der Waals surface area contributed by atoms with Crippen molar-refractivity contribution >= 4 is 27.8 Å². The van der Waals surface area contributed by atoms with Crippen LogP contribution in [0.2, 0.25) is 0 Å². The summed E-state index contributed by atoms with van der Waals surface area (Å²) in [7, 11) is 4.06. The van der Waals surface area contributed by atoms with Crippen molar-refractivity contribution in [2.75, 3.05) is 19.0 Å². The van der Waals surface area contributed by atoms with Crippen molar-refractivity contribution in [1.29, 1.82) is 0 Å². The van der Waals surface area contributed by atoms with Gasteiger partial charge in [0.25, 0.3) is 0 Å². The first-order chi connectivity index (χ1) is 9.04. The fraction of sp³-hybridized carbons (Fsp3) is 0.250. The van der Waals surface area contributed by atoms with Crippen molar-refractivity contribution in [2.45, 2.75) is 13.8 Å². The Bertz CT molecular complexity index is 776. The number of fused-ring (bicyclic) bond motifs is 2. The number of aromatic nitrogens is 2. The second-order valence-electron chi connectivity index (χ2n) is 5.22. The van der Waals surface area contributed by atoms with Gasteiger partial charge in [0, 0.05) is 19.8 Å². The summed E-state index contributed by atoms with van der Waals surface area (Å²) in [4.78, 5) is 11.5. The average Bonchev–Trinajstić information content (AvgIpc) is 2.37. The van der Waals surface area contributed by atoms with Crippen LogP contribution in [0.5, 0.6) is 0 Å². The van der Waals surface area contributed by atoms with E-state index in [1.165, 1.54) is 11.1 Å². The molecule has 0 spiro atoms. The van der Waals surface area contributed by atoms with Crippen molar-refractivity contribution in [3.8, 4) is 0 Å². The summed E-state index contributed by atoms with van der Waals surface area (Å²) in [5, 5.41) is 0. The van der Waals surface area contributed by atoms with Crippen LogP contribution >= 0.6 is 0 Å². The number of nitrogens with zero attached hydrogens (tertiary/aromatic N) is 3. The second kappa shape index (κ2) is 4.19. The molecule has 0 fully saturated rings. The Morgan fingerprint density at radius 3 is 1.84 bits per heavy atom. The number of benzene rings is 2. The van der Waals surface area contributed by atoms with Crippen LogP contribution in [0.3, 0.4) is 0 Å². The van der Waals surface area contributed by atoms with E-state index in [0.29, 0.717) is 0 Å². The maximum Gasteiger partial charge on any atom is 0.0915 e. The van der Waals surface area contributed by atoms with Gasteiger partial charge in [0.15, 0.2) is 0 Å². The minimum Gasteiger partial charge on any atom is -0.378 e. The molecule has 3 rings (SSSR count). The number of hydrogen-bond acceptors (Lipinski definition) is 3. The third-order valence-electron chi connectivity index (χ3n) is 3.55. The highest BCUT2D eigenvalue weighted by Gasteiger charge is 2.05. The molecule has 3 nitrogen and oxygen atoms in total. The van der Waals surface area contributed by atoms with E-state index < -0.39 is 0 Å². The molecule has 0 saturated carbocycles. The first-order valence-corrected chi connectivity index (χ1v) is 6.41. The molecule has 2 aromatic carbocycles. The Kier molecular flexibility index (Phi) is 2.63. The molecule has 0 amide bonds. The molecule has 0 bridgehead atoms. The maximum atomic E-state index is 4.73. The molecule has 1 aromatic heterocycles. The van der Waals surface area contributed by atoms with Crippen LogP contribution < -0.4 is 4.90 Å². The van der Waals surface area contributed by atoms with Crippen molar-refractivity contribution in [3.05, 3.63) is 41.5 Å². The van der Waals surface area contributed by atoms with E-state index in [-0.39, 0.29) is 0 Å². The van der Waals surface area contributed by atoms with Gasteiger partial charge >= 0.3 is 0 Å². The van der Waals surface area contributed by atoms with Gasteiger partial charge in [-0.2, -0.15) is 0 Å². The summed E-state index contributed by atoms with van der Waals surface area (Å²) in [6.07, 6.45) is 0. The molecule has 0 saturated heterocycles. The van der Waals surface area contributed by atoms with Gasteiger partial charge in [0.1, 0.15) is 0 Å². The molecule has 0 unspecified atom stereocenters. The highest BCUT2D eigenvalue weighted by molar-refractivity contribution is 5.88. The normalized spacial score (nSPS) is 11.2. The summed E-state index contributed by atoms with van der Waals surface area (Å²) in [6, 6.07) is 10.4. The van der Waals surface area contributed by atoms with E-state index in [1.54, 1.807) is 0 Å². The number of anilines is 1. The average molecular weight is 251 g/mol. The smallest absolute Gasteiger partial charge is 0.0915 e. The van der Waals surface area contributed by atoms with E-state index in [4.69, 9.17) is 9.97 Å². The quantitative estimate of drug-likeness (QED) is 0.620. The number of hydrogen-bond donors (Lipinski definition) is 0. The van der Waals surface area contributed by atoms with Gasteiger partial charge in [-0.1, -0.05) is 0 Å². The van der Waals surface area contributed by atoms with Gasteiger partial charge < -0.3 is 4.90 Å². The van der Waals surface area contributed by atoms with Crippen molar-refractivity contribution in [3.63, 3.8) is 0 Å². The highest BCUT2D eigenvalue weighted by Crippen LogP contribution is 2.22. The van der Waals surface area contributed by atoms with Gasteiger partial charge in [-0.25, -0.2) is 9.97 Å². The first kappa shape index (κ1) is 11.9. The predicted octanol–water partition coefficient (Wildman–Crippen LogP) is 3.47. The van der Waals surface area contributed by atoms with E-state index in [0.717, 1.165) is 27.8 Å². The summed E-state index contributed by atoms with van der Waals surface area (Å²) in [5.74, 6) is 0. The molecule has 0 aliphatic heterocycles. The molecule has 0 radical (unpaired) electrons. The lowest BCUT2D eigenvalue weighted by molar-refractivity contribution is 1.13. The lowest BCUT2D eigenvalue weighted by Crippen LogP contribution is -2.08. The minimum absolute atomic E-state index is 0.946. The topological polar surface area (TPSA) is 29.0 Å².